The summed E-state index contributed by atoms with van der Waals surface area (Å²) in [5.74, 6) is 1.95. The number of thiazole rings is 1. The number of aromatic nitrogens is 1. The highest BCUT2D eigenvalue weighted by atomic mass is 32.1. The summed E-state index contributed by atoms with van der Waals surface area (Å²) in [5, 5.41) is 10.4. The molecule has 3 heterocycles. The van der Waals surface area contributed by atoms with Crippen LogP contribution in [-0.4, -0.2) is 36.6 Å². The second kappa shape index (κ2) is 4.79. The molecule has 1 saturated heterocycles. The molecule has 2 aliphatic rings. The van der Waals surface area contributed by atoms with Gasteiger partial charge in [-0.25, -0.2) is 4.98 Å². The molecule has 20 heavy (non-hydrogen) atoms. The summed E-state index contributed by atoms with van der Waals surface area (Å²) >= 11 is 1.68. The minimum absolute atomic E-state index is 0.261. The Morgan fingerprint density at radius 3 is 3.05 bits per heavy atom. The van der Waals surface area contributed by atoms with Gasteiger partial charge in [0, 0.05) is 31.8 Å². The monoisotopic (exact) mass is 292 g/mol. The third-order valence-corrected chi connectivity index (χ3v) is 5.00. The number of rotatable bonds is 2. The maximum Gasteiger partial charge on any atom is 0.231 e. The van der Waals surface area contributed by atoms with Crippen molar-refractivity contribution in [2.24, 2.45) is 5.92 Å². The van der Waals surface area contributed by atoms with E-state index < -0.39 is 0 Å². The van der Waals surface area contributed by atoms with Crippen LogP contribution in [0.5, 0.6) is 11.5 Å². The number of ether oxygens (including phenoxy) is 2. The SMILES string of the molecule is OCC1CCCN(c2nc3cc4c(cc3s2)OCO4)C1. The standard InChI is InChI=1S/C14H16N2O3S/c17-7-9-2-1-3-16(6-9)14-15-10-4-11-12(19-8-18-11)5-13(10)20-14/h4-5,9,17H,1-3,6-8H2. The third kappa shape index (κ3) is 1.99. The third-order valence-electron chi connectivity index (χ3n) is 3.92. The molecule has 2 aliphatic heterocycles. The van der Waals surface area contributed by atoms with Crippen molar-refractivity contribution in [2.45, 2.75) is 12.8 Å². The Morgan fingerprint density at radius 1 is 1.35 bits per heavy atom. The molecule has 4 rings (SSSR count). The molecule has 6 heteroatoms. The van der Waals surface area contributed by atoms with Crippen LogP contribution in [0.15, 0.2) is 12.1 Å². The van der Waals surface area contributed by atoms with Crippen LogP contribution < -0.4 is 14.4 Å². The fourth-order valence-corrected chi connectivity index (χ4v) is 3.84. The predicted octanol–water partition coefficient (Wildman–Crippen LogP) is 2.23. The van der Waals surface area contributed by atoms with Crippen molar-refractivity contribution in [3.8, 4) is 11.5 Å². The van der Waals surface area contributed by atoms with Gasteiger partial charge in [-0.1, -0.05) is 11.3 Å². The highest BCUT2D eigenvalue weighted by Gasteiger charge is 2.23. The van der Waals surface area contributed by atoms with Crippen molar-refractivity contribution in [3.63, 3.8) is 0 Å². The Morgan fingerprint density at radius 2 is 2.20 bits per heavy atom. The molecular formula is C14H16N2O3S. The van der Waals surface area contributed by atoms with E-state index in [2.05, 4.69) is 4.90 Å². The molecule has 0 bridgehead atoms. The quantitative estimate of drug-likeness (QED) is 0.920. The first-order valence-corrected chi connectivity index (χ1v) is 7.71. The van der Waals surface area contributed by atoms with E-state index in [4.69, 9.17) is 14.5 Å². The number of aliphatic hydroxyl groups is 1. The number of aliphatic hydroxyl groups excluding tert-OH is 1. The largest absolute Gasteiger partial charge is 0.454 e. The minimum atomic E-state index is 0.261. The highest BCUT2D eigenvalue weighted by molar-refractivity contribution is 7.22. The minimum Gasteiger partial charge on any atom is -0.454 e. The summed E-state index contributed by atoms with van der Waals surface area (Å²) in [7, 11) is 0. The van der Waals surface area contributed by atoms with E-state index in [1.54, 1.807) is 11.3 Å². The smallest absolute Gasteiger partial charge is 0.231 e. The zero-order valence-electron chi connectivity index (χ0n) is 11.0. The Hall–Kier alpha value is -1.53. The van der Waals surface area contributed by atoms with Crippen LogP contribution >= 0.6 is 11.3 Å². The first kappa shape index (κ1) is 12.2. The summed E-state index contributed by atoms with van der Waals surface area (Å²) < 4.78 is 11.9. The number of anilines is 1. The van der Waals surface area contributed by atoms with Crippen LogP contribution in [-0.2, 0) is 0 Å². The molecule has 2 aromatic rings. The Kier molecular flexibility index (Phi) is 2.93. The molecule has 0 amide bonds. The Labute approximate surface area is 120 Å². The number of piperidine rings is 1. The maximum atomic E-state index is 9.33. The van der Waals surface area contributed by atoms with Crippen molar-refractivity contribution in [1.29, 1.82) is 0 Å². The molecule has 106 valence electrons. The Balaban J connectivity index is 1.67. The van der Waals surface area contributed by atoms with Crippen molar-refractivity contribution < 1.29 is 14.6 Å². The molecule has 1 atom stereocenters. The second-order valence-electron chi connectivity index (χ2n) is 5.31. The molecule has 0 saturated carbocycles. The molecule has 1 fully saturated rings. The lowest BCUT2D eigenvalue weighted by molar-refractivity contribution is 0.174. The van der Waals surface area contributed by atoms with Crippen molar-refractivity contribution >= 4 is 26.7 Å². The van der Waals surface area contributed by atoms with Gasteiger partial charge in [-0.2, -0.15) is 0 Å². The topological polar surface area (TPSA) is 54.8 Å². The lowest BCUT2D eigenvalue weighted by Gasteiger charge is -2.31. The van der Waals surface area contributed by atoms with Crippen molar-refractivity contribution in [1.82, 2.24) is 4.98 Å². The van der Waals surface area contributed by atoms with Crippen LogP contribution in [0.1, 0.15) is 12.8 Å². The zero-order chi connectivity index (χ0) is 13.5. The molecule has 0 radical (unpaired) electrons. The summed E-state index contributed by atoms with van der Waals surface area (Å²) in [6.45, 7) is 2.47. The molecule has 5 nitrogen and oxygen atoms in total. The van der Waals surface area contributed by atoms with Crippen molar-refractivity contribution in [2.75, 3.05) is 31.4 Å². The molecule has 1 N–H and O–H groups in total. The number of hydrogen-bond acceptors (Lipinski definition) is 6. The molecule has 1 unspecified atom stereocenters. The molecule has 1 aromatic heterocycles. The van der Waals surface area contributed by atoms with Gasteiger partial charge in [0.15, 0.2) is 16.6 Å². The predicted molar refractivity (Wildman–Crippen MR) is 77.8 cm³/mol. The molecule has 0 aliphatic carbocycles. The van der Waals surface area contributed by atoms with Gasteiger partial charge in [0.2, 0.25) is 6.79 Å². The highest BCUT2D eigenvalue weighted by Crippen LogP contribution is 2.40. The summed E-state index contributed by atoms with van der Waals surface area (Å²) in [6.07, 6.45) is 2.22. The van der Waals surface area contributed by atoms with Gasteiger partial charge in [-0.3, -0.25) is 0 Å². The van der Waals surface area contributed by atoms with Crippen LogP contribution in [0.3, 0.4) is 0 Å². The van der Waals surface area contributed by atoms with Crippen LogP contribution in [0.25, 0.3) is 10.2 Å². The first-order chi connectivity index (χ1) is 9.83. The summed E-state index contributed by atoms with van der Waals surface area (Å²) in [6, 6.07) is 3.96. The van der Waals surface area contributed by atoms with E-state index >= 15 is 0 Å². The van der Waals surface area contributed by atoms with Gasteiger partial charge in [-0.15, -0.1) is 0 Å². The van der Waals surface area contributed by atoms with Gasteiger partial charge in [-0.05, 0) is 18.8 Å². The van der Waals surface area contributed by atoms with Gasteiger partial charge >= 0.3 is 0 Å². The van der Waals surface area contributed by atoms with Gasteiger partial charge < -0.3 is 19.5 Å². The van der Waals surface area contributed by atoms with E-state index in [1.807, 2.05) is 12.1 Å². The number of fused-ring (bicyclic) bond motifs is 2. The average molecular weight is 292 g/mol. The number of hydrogen-bond donors (Lipinski definition) is 1. The zero-order valence-corrected chi connectivity index (χ0v) is 11.9. The summed E-state index contributed by atoms with van der Waals surface area (Å²) in [5.41, 5.74) is 0.959. The first-order valence-electron chi connectivity index (χ1n) is 6.89. The fraction of sp³-hybridized carbons (Fsp3) is 0.500. The number of nitrogens with zero attached hydrogens (tertiary/aromatic N) is 2. The van der Waals surface area contributed by atoms with Crippen LogP contribution in [0, 0.1) is 5.92 Å². The second-order valence-corrected chi connectivity index (χ2v) is 6.32. The van der Waals surface area contributed by atoms with E-state index in [1.165, 1.54) is 0 Å². The maximum absolute atomic E-state index is 9.33. The van der Waals surface area contributed by atoms with Crippen molar-refractivity contribution in [3.05, 3.63) is 12.1 Å². The van der Waals surface area contributed by atoms with Gasteiger partial charge in [0.1, 0.15) is 0 Å². The van der Waals surface area contributed by atoms with Gasteiger partial charge in [0.05, 0.1) is 10.2 Å². The van der Waals surface area contributed by atoms with Gasteiger partial charge in [0.25, 0.3) is 0 Å². The Bertz CT molecular complexity index is 602. The lowest BCUT2D eigenvalue weighted by atomic mass is 10.00. The van der Waals surface area contributed by atoms with E-state index in [0.717, 1.165) is 52.8 Å². The molecule has 1 aromatic carbocycles. The van der Waals surface area contributed by atoms with E-state index in [0.29, 0.717) is 12.7 Å². The average Bonchev–Trinajstić information content (AvgIpc) is 3.10. The van der Waals surface area contributed by atoms with E-state index in [-0.39, 0.29) is 6.61 Å². The lowest BCUT2D eigenvalue weighted by Crippen LogP contribution is -2.36. The van der Waals surface area contributed by atoms with Crippen LogP contribution in [0.2, 0.25) is 0 Å². The molecule has 0 spiro atoms. The van der Waals surface area contributed by atoms with Crippen LogP contribution in [0.4, 0.5) is 5.13 Å². The summed E-state index contributed by atoms with van der Waals surface area (Å²) in [4.78, 5) is 6.99. The number of benzene rings is 1. The molecular weight excluding hydrogens is 276 g/mol. The fourth-order valence-electron chi connectivity index (χ4n) is 2.83. The van der Waals surface area contributed by atoms with E-state index in [9.17, 15) is 5.11 Å². The normalized spacial score (nSPS) is 21.6.